The van der Waals surface area contributed by atoms with Gasteiger partial charge in [-0.15, -0.1) is 11.3 Å². The molecule has 1 N–H and O–H groups in total. The summed E-state index contributed by atoms with van der Waals surface area (Å²) in [7, 11) is 0. The Kier molecular flexibility index (Phi) is 3.56. The van der Waals surface area contributed by atoms with Gasteiger partial charge in [-0.2, -0.15) is 0 Å². The lowest BCUT2D eigenvalue weighted by Crippen LogP contribution is -2.40. The standard InChI is InChI=1S/C16H19NOS/c1-11-6-2-4-8-13(11)17-16(18)15-10-12-7-3-5-9-14(12)19-15/h3,5,7,9-11,13H,2,4,6,8H2,1H3,(H,17,18). The molecule has 2 nitrogen and oxygen atoms in total. The highest BCUT2D eigenvalue weighted by atomic mass is 32.1. The monoisotopic (exact) mass is 273 g/mol. The van der Waals surface area contributed by atoms with Crippen LogP contribution in [-0.4, -0.2) is 11.9 Å². The van der Waals surface area contributed by atoms with Gasteiger partial charge in [0.1, 0.15) is 0 Å². The van der Waals surface area contributed by atoms with E-state index < -0.39 is 0 Å². The van der Waals surface area contributed by atoms with Crippen LogP contribution in [0.4, 0.5) is 0 Å². The molecular formula is C16H19NOS. The minimum Gasteiger partial charge on any atom is -0.348 e. The summed E-state index contributed by atoms with van der Waals surface area (Å²) in [5, 5.41) is 4.38. The Morgan fingerprint density at radius 3 is 2.84 bits per heavy atom. The largest absolute Gasteiger partial charge is 0.348 e. The lowest BCUT2D eigenvalue weighted by Gasteiger charge is -2.29. The van der Waals surface area contributed by atoms with Crippen molar-refractivity contribution in [1.29, 1.82) is 0 Å². The van der Waals surface area contributed by atoms with Crippen LogP contribution in [0.1, 0.15) is 42.3 Å². The van der Waals surface area contributed by atoms with Gasteiger partial charge >= 0.3 is 0 Å². The van der Waals surface area contributed by atoms with Gasteiger partial charge in [-0.25, -0.2) is 0 Å². The molecule has 2 aromatic rings. The van der Waals surface area contributed by atoms with Crippen molar-refractivity contribution in [3.05, 3.63) is 35.2 Å². The zero-order valence-corrected chi connectivity index (χ0v) is 12.0. The minimum absolute atomic E-state index is 0.0972. The molecule has 1 saturated carbocycles. The summed E-state index contributed by atoms with van der Waals surface area (Å²) in [4.78, 5) is 13.2. The Labute approximate surface area is 117 Å². The molecule has 1 fully saturated rings. The first-order valence-corrected chi connectivity index (χ1v) is 7.85. The number of benzene rings is 1. The summed E-state index contributed by atoms with van der Waals surface area (Å²) >= 11 is 1.58. The van der Waals surface area contributed by atoms with Gasteiger partial charge in [0.2, 0.25) is 0 Å². The van der Waals surface area contributed by atoms with Crippen molar-refractivity contribution in [3.8, 4) is 0 Å². The second kappa shape index (κ2) is 5.33. The molecule has 19 heavy (non-hydrogen) atoms. The summed E-state index contributed by atoms with van der Waals surface area (Å²) < 4.78 is 1.18. The van der Waals surface area contributed by atoms with Crippen molar-refractivity contribution in [1.82, 2.24) is 5.32 Å². The number of nitrogens with one attached hydrogen (secondary N) is 1. The third kappa shape index (κ3) is 2.66. The van der Waals surface area contributed by atoms with E-state index in [2.05, 4.69) is 24.4 Å². The summed E-state index contributed by atoms with van der Waals surface area (Å²) in [5.74, 6) is 0.701. The van der Waals surface area contributed by atoms with Gasteiger partial charge in [-0.05, 0) is 36.3 Å². The minimum atomic E-state index is 0.0972. The van der Waals surface area contributed by atoms with Crippen LogP contribution >= 0.6 is 11.3 Å². The van der Waals surface area contributed by atoms with E-state index in [-0.39, 0.29) is 5.91 Å². The fourth-order valence-electron chi connectivity index (χ4n) is 2.86. The van der Waals surface area contributed by atoms with E-state index in [9.17, 15) is 4.79 Å². The highest BCUT2D eigenvalue weighted by Crippen LogP contribution is 2.27. The number of fused-ring (bicyclic) bond motifs is 1. The Morgan fingerprint density at radius 2 is 2.05 bits per heavy atom. The lowest BCUT2D eigenvalue weighted by molar-refractivity contribution is 0.0914. The molecule has 0 spiro atoms. The van der Waals surface area contributed by atoms with E-state index in [4.69, 9.17) is 0 Å². The van der Waals surface area contributed by atoms with Gasteiger partial charge in [0.05, 0.1) is 4.88 Å². The van der Waals surface area contributed by atoms with Crippen LogP contribution in [0, 0.1) is 5.92 Å². The second-order valence-corrected chi connectivity index (χ2v) is 6.57. The molecule has 2 unspecified atom stereocenters. The van der Waals surface area contributed by atoms with Crippen molar-refractivity contribution in [2.24, 2.45) is 5.92 Å². The Bertz CT molecular complexity index is 556. The van der Waals surface area contributed by atoms with Gasteiger partial charge in [-0.3, -0.25) is 4.79 Å². The van der Waals surface area contributed by atoms with Gasteiger partial charge in [0, 0.05) is 10.7 Å². The average molecular weight is 273 g/mol. The van der Waals surface area contributed by atoms with Crippen LogP contribution in [0.15, 0.2) is 30.3 Å². The molecule has 0 aliphatic heterocycles. The van der Waals surface area contributed by atoms with Crippen LogP contribution in [0.2, 0.25) is 0 Å². The Morgan fingerprint density at radius 1 is 1.26 bits per heavy atom. The van der Waals surface area contributed by atoms with E-state index in [1.54, 1.807) is 11.3 Å². The van der Waals surface area contributed by atoms with Gasteiger partial charge in [-0.1, -0.05) is 38.0 Å². The normalized spacial score (nSPS) is 23.4. The first-order chi connectivity index (χ1) is 9.24. The van der Waals surface area contributed by atoms with Crippen molar-refractivity contribution >= 4 is 27.3 Å². The number of rotatable bonds is 2. The third-order valence-electron chi connectivity index (χ3n) is 4.08. The maximum Gasteiger partial charge on any atom is 0.261 e. The van der Waals surface area contributed by atoms with Crippen molar-refractivity contribution < 1.29 is 4.79 Å². The summed E-state index contributed by atoms with van der Waals surface area (Å²) in [6, 6.07) is 10.5. The van der Waals surface area contributed by atoms with Gasteiger partial charge < -0.3 is 5.32 Å². The van der Waals surface area contributed by atoms with Crippen LogP contribution in [-0.2, 0) is 0 Å². The predicted octanol–water partition coefficient (Wildman–Crippen LogP) is 4.21. The maximum absolute atomic E-state index is 12.3. The molecule has 1 heterocycles. The van der Waals surface area contributed by atoms with E-state index in [1.807, 2.05) is 18.2 Å². The summed E-state index contributed by atoms with van der Waals surface area (Å²) in [5.41, 5.74) is 0. The molecule has 0 saturated heterocycles. The van der Waals surface area contributed by atoms with Crippen LogP contribution in [0.5, 0.6) is 0 Å². The number of amides is 1. The zero-order valence-electron chi connectivity index (χ0n) is 11.2. The fourth-order valence-corrected chi connectivity index (χ4v) is 3.83. The molecule has 1 aromatic heterocycles. The van der Waals surface area contributed by atoms with Crippen LogP contribution in [0.25, 0.3) is 10.1 Å². The van der Waals surface area contributed by atoms with Gasteiger partial charge in [0.15, 0.2) is 0 Å². The number of hydrogen-bond acceptors (Lipinski definition) is 2. The molecule has 1 aliphatic carbocycles. The number of hydrogen-bond donors (Lipinski definition) is 1. The highest BCUT2D eigenvalue weighted by Gasteiger charge is 2.23. The second-order valence-electron chi connectivity index (χ2n) is 5.49. The van der Waals surface area contributed by atoms with Crippen LogP contribution in [0.3, 0.4) is 0 Å². The Hall–Kier alpha value is -1.35. The molecule has 0 bridgehead atoms. The molecule has 1 aromatic carbocycles. The quantitative estimate of drug-likeness (QED) is 0.872. The van der Waals surface area contributed by atoms with E-state index in [0.717, 1.165) is 16.7 Å². The lowest BCUT2D eigenvalue weighted by atomic mass is 9.86. The number of carbonyl (C=O) groups is 1. The topological polar surface area (TPSA) is 29.1 Å². The smallest absolute Gasteiger partial charge is 0.261 e. The van der Waals surface area contributed by atoms with E-state index in [0.29, 0.717) is 12.0 Å². The zero-order chi connectivity index (χ0) is 13.2. The first-order valence-electron chi connectivity index (χ1n) is 7.03. The molecule has 0 radical (unpaired) electrons. The molecule has 3 rings (SSSR count). The summed E-state index contributed by atoms with van der Waals surface area (Å²) in [6.07, 6.45) is 4.90. The molecular weight excluding hydrogens is 254 g/mol. The van der Waals surface area contributed by atoms with Crippen molar-refractivity contribution in [2.75, 3.05) is 0 Å². The maximum atomic E-state index is 12.3. The average Bonchev–Trinajstić information content (AvgIpc) is 2.85. The van der Waals surface area contributed by atoms with Gasteiger partial charge in [0.25, 0.3) is 5.91 Å². The third-order valence-corrected chi connectivity index (χ3v) is 5.19. The van der Waals surface area contributed by atoms with E-state index >= 15 is 0 Å². The molecule has 1 aliphatic rings. The van der Waals surface area contributed by atoms with Crippen LogP contribution < -0.4 is 5.32 Å². The molecule has 100 valence electrons. The molecule has 2 atom stereocenters. The molecule has 3 heteroatoms. The van der Waals surface area contributed by atoms with E-state index in [1.165, 1.54) is 24.0 Å². The van der Waals surface area contributed by atoms with Crippen molar-refractivity contribution in [2.45, 2.75) is 38.6 Å². The highest BCUT2D eigenvalue weighted by molar-refractivity contribution is 7.20. The SMILES string of the molecule is CC1CCCCC1NC(=O)c1cc2ccccc2s1. The summed E-state index contributed by atoms with van der Waals surface area (Å²) in [6.45, 7) is 2.25. The number of carbonyl (C=O) groups excluding carboxylic acids is 1. The number of thiophene rings is 1. The van der Waals surface area contributed by atoms with Crippen molar-refractivity contribution in [3.63, 3.8) is 0 Å². The predicted molar refractivity (Wildman–Crippen MR) is 80.7 cm³/mol. The Balaban J connectivity index is 1.76. The molecule has 1 amide bonds. The fraction of sp³-hybridized carbons (Fsp3) is 0.438. The first kappa shape index (κ1) is 12.7.